The number of benzene rings is 1. The fraction of sp³-hybridized carbons (Fsp3) is 0.667. The van der Waals surface area contributed by atoms with Crippen LogP contribution in [0.4, 0.5) is 0 Å². The van der Waals surface area contributed by atoms with E-state index in [1.807, 2.05) is 32.3 Å². The van der Waals surface area contributed by atoms with Gasteiger partial charge < -0.3 is 19.7 Å². The minimum absolute atomic E-state index is 0. The summed E-state index contributed by atoms with van der Waals surface area (Å²) in [7, 11) is 5.68. The second-order valence-corrected chi connectivity index (χ2v) is 7.66. The predicted molar refractivity (Wildman–Crippen MR) is 112 cm³/mol. The van der Waals surface area contributed by atoms with Crippen molar-refractivity contribution in [1.29, 1.82) is 0 Å². The van der Waals surface area contributed by atoms with Crippen molar-refractivity contribution < 1.29 is 14.3 Å². The van der Waals surface area contributed by atoms with Gasteiger partial charge in [0, 0.05) is 19.0 Å². The lowest BCUT2D eigenvalue weighted by molar-refractivity contribution is -0.122. The van der Waals surface area contributed by atoms with Crippen LogP contribution in [0, 0.1) is 5.92 Å². The van der Waals surface area contributed by atoms with Crippen molar-refractivity contribution in [2.45, 2.75) is 51.5 Å². The predicted octanol–water partition coefficient (Wildman–Crippen LogP) is 3.68. The highest BCUT2D eigenvalue weighted by Crippen LogP contribution is 2.28. The number of hydrogen-bond donors (Lipinski definition) is 1. The van der Waals surface area contributed by atoms with Crippen molar-refractivity contribution in [1.82, 2.24) is 10.2 Å². The van der Waals surface area contributed by atoms with Crippen LogP contribution in [-0.4, -0.2) is 51.2 Å². The summed E-state index contributed by atoms with van der Waals surface area (Å²) < 4.78 is 11.2. The normalized spacial score (nSPS) is 19.3. The number of carbonyl (C=O) groups is 1. The van der Waals surface area contributed by atoms with Gasteiger partial charge in [0.15, 0.2) is 11.5 Å². The summed E-state index contributed by atoms with van der Waals surface area (Å²) in [6, 6.07) is 6.29. The summed E-state index contributed by atoms with van der Waals surface area (Å²) in [5.74, 6) is 2.42. The molecule has 0 saturated heterocycles. The maximum Gasteiger partial charge on any atom is 0.220 e. The molecule has 1 aromatic carbocycles. The molecule has 1 saturated carbocycles. The second-order valence-electron chi connectivity index (χ2n) is 7.66. The number of rotatable bonds is 9. The van der Waals surface area contributed by atoms with E-state index in [9.17, 15) is 4.79 Å². The third-order valence-corrected chi connectivity index (χ3v) is 5.05. The van der Waals surface area contributed by atoms with Crippen LogP contribution in [0.15, 0.2) is 18.2 Å². The molecule has 1 N–H and O–H groups in total. The molecule has 2 rings (SSSR count). The lowest BCUT2D eigenvalue weighted by Gasteiger charge is -2.26. The van der Waals surface area contributed by atoms with Gasteiger partial charge in [-0.05, 0) is 69.8 Å². The van der Waals surface area contributed by atoms with Crippen LogP contribution in [0.2, 0.25) is 0 Å². The molecule has 0 radical (unpaired) electrons. The largest absolute Gasteiger partial charge is 0.493 e. The standard InChI is InChI=1S/C21H34N2O3.ClH/c1-16-5-9-18(10-6-16)22-21(24)12-8-17-7-11-19(20(15-17)25-4)26-14-13-23(2)3;/h7,11,15-16,18H,5-6,8-10,12-14H2,1-4H3,(H,22,24);1H. The Bertz CT molecular complexity index is 573. The van der Waals surface area contributed by atoms with Crippen LogP contribution in [0.25, 0.3) is 0 Å². The molecule has 0 spiro atoms. The van der Waals surface area contributed by atoms with Crippen LogP contribution >= 0.6 is 12.4 Å². The number of halogens is 1. The third kappa shape index (κ3) is 8.39. The average Bonchev–Trinajstić information content (AvgIpc) is 2.62. The number of hydrogen-bond acceptors (Lipinski definition) is 4. The van der Waals surface area contributed by atoms with Crippen molar-refractivity contribution in [2.24, 2.45) is 5.92 Å². The molecule has 0 atom stereocenters. The minimum atomic E-state index is 0. The molecule has 1 aliphatic rings. The van der Waals surface area contributed by atoms with Crippen LogP contribution in [0.3, 0.4) is 0 Å². The topological polar surface area (TPSA) is 50.8 Å². The number of likely N-dealkylation sites (N-methyl/N-ethyl adjacent to an activating group) is 1. The number of amides is 1. The maximum atomic E-state index is 12.2. The minimum Gasteiger partial charge on any atom is -0.493 e. The lowest BCUT2D eigenvalue weighted by Crippen LogP contribution is -2.37. The van der Waals surface area contributed by atoms with Crippen LogP contribution < -0.4 is 14.8 Å². The highest BCUT2D eigenvalue weighted by atomic mass is 35.5. The highest BCUT2D eigenvalue weighted by molar-refractivity contribution is 5.85. The first-order valence-corrected chi connectivity index (χ1v) is 9.71. The van der Waals surface area contributed by atoms with Crippen LogP contribution in [-0.2, 0) is 11.2 Å². The van der Waals surface area contributed by atoms with Gasteiger partial charge in [-0.15, -0.1) is 12.4 Å². The molecule has 1 amide bonds. The number of aryl methyl sites for hydroxylation is 1. The number of methoxy groups -OCH3 is 1. The second kappa shape index (κ2) is 12.1. The molecule has 6 heteroatoms. The Balaban J connectivity index is 0.00000364. The Morgan fingerprint density at radius 3 is 2.52 bits per heavy atom. The smallest absolute Gasteiger partial charge is 0.220 e. The molecule has 0 heterocycles. The summed E-state index contributed by atoms with van der Waals surface area (Å²) in [4.78, 5) is 14.3. The molecule has 5 nitrogen and oxygen atoms in total. The summed E-state index contributed by atoms with van der Waals surface area (Å²) in [6.45, 7) is 3.76. The van der Waals surface area contributed by atoms with Crippen molar-refractivity contribution in [3.63, 3.8) is 0 Å². The fourth-order valence-corrected chi connectivity index (χ4v) is 3.29. The average molecular weight is 399 g/mol. The van der Waals surface area contributed by atoms with Gasteiger partial charge in [0.1, 0.15) is 6.61 Å². The number of nitrogens with one attached hydrogen (secondary N) is 1. The zero-order chi connectivity index (χ0) is 18.9. The summed E-state index contributed by atoms with van der Waals surface area (Å²) in [5.41, 5.74) is 1.09. The Hall–Kier alpha value is -1.46. The van der Waals surface area contributed by atoms with E-state index in [4.69, 9.17) is 9.47 Å². The van der Waals surface area contributed by atoms with E-state index in [0.717, 1.165) is 42.4 Å². The van der Waals surface area contributed by atoms with Gasteiger partial charge in [-0.2, -0.15) is 0 Å². The Morgan fingerprint density at radius 1 is 1.19 bits per heavy atom. The van der Waals surface area contributed by atoms with Crippen molar-refractivity contribution in [3.8, 4) is 11.5 Å². The molecule has 1 fully saturated rings. The summed E-state index contributed by atoms with van der Waals surface area (Å²) in [5, 5.41) is 3.19. The van der Waals surface area contributed by atoms with Crippen molar-refractivity contribution in [3.05, 3.63) is 23.8 Å². The molecule has 27 heavy (non-hydrogen) atoms. The van der Waals surface area contributed by atoms with E-state index in [2.05, 4.69) is 17.1 Å². The van der Waals surface area contributed by atoms with E-state index in [-0.39, 0.29) is 18.3 Å². The number of ether oxygens (including phenoxy) is 2. The monoisotopic (exact) mass is 398 g/mol. The molecule has 1 aromatic rings. The van der Waals surface area contributed by atoms with Crippen molar-refractivity contribution in [2.75, 3.05) is 34.4 Å². The quantitative estimate of drug-likeness (QED) is 0.689. The first-order valence-electron chi connectivity index (χ1n) is 9.71. The molecule has 0 aromatic heterocycles. The molecule has 154 valence electrons. The molecule has 0 aliphatic heterocycles. The van der Waals surface area contributed by atoms with Crippen LogP contribution in [0.5, 0.6) is 11.5 Å². The molecular weight excluding hydrogens is 364 g/mol. The molecule has 1 aliphatic carbocycles. The highest BCUT2D eigenvalue weighted by Gasteiger charge is 2.19. The van der Waals surface area contributed by atoms with E-state index in [0.29, 0.717) is 25.5 Å². The van der Waals surface area contributed by atoms with Crippen molar-refractivity contribution >= 4 is 18.3 Å². The van der Waals surface area contributed by atoms with Gasteiger partial charge in [0.2, 0.25) is 5.91 Å². The third-order valence-electron chi connectivity index (χ3n) is 5.05. The zero-order valence-electron chi connectivity index (χ0n) is 17.1. The summed E-state index contributed by atoms with van der Waals surface area (Å²) in [6.07, 6.45) is 5.88. The Kier molecular flexibility index (Phi) is 10.6. The summed E-state index contributed by atoms with van der Waals surface area (Å²) >= 11 is 0. The number of nitrogens with zero attached hydrogens (tertiary/aromatic N) is 1. The SMILES string of the molecule is COc1cc(CCC(=O)NC2CCC(C)CC2)ccc1OCCN(C)C.Cl. The fourth-order valence-electron chi connectivity index (χ4n) is 3.29. The Labute approximate surface area is 170 Å². The van der Waals surface area contributed by atoms with Gasteiger partial charge in [0.25, 0.3) is 0 Å². The Morgan fingerprint density at radius 2 is 1.89 bits per heavy atom. The zero-order valence-corrected chi connectivity index (χ0v) is 17.9. The molecular formula is C21H35ClN2O3. The van der Waals surface area contributed by atoms with Gasteiger partial charge in [-0.1, -0.05) is 13.0 Å². The lowest BCUT2D eigenvalue weighted by atomic mass is 9.87. The number of carbonyl (C=O) groups excluding carboxylic acids is 1. The molecule has 0 unspecified atom stereocenters. The first kappa shape index (κ1) is 23.6. The van der Waals surface area contributed by atoms with Gasteiger partial charge in [-0.3, -0.25) is 4.79 Å². The first-order chi connectivity index (χ1) is 12.5. The molecule has 0 bridgehead atoms. The van der Waals surface area contributed by atoms with E-state index >= 15 is 0 Å². The van der Waals surface area contributed by atoms with E-state index in [1.54, 1.807) is 7.11 Å². The van der Waals surface area contributed by atoms with Gasteiger partial charge in [-0.25, -0.2) is 0 Å². The van der Waals surface area contributed by atoms with Gasteiger partial charge >= 0.3 is 0 Å². The van der Waals surface area contributed by atoms with Gasteiger partial charge in [0.05, 0.1) is 7.11 Å². The van der Waals surface area contributed by atoms with E-state index in [1.165, 1.54) is 12.8 Å². The van der Waals surface area contributed by atoms with Crippen LogP contribution in [0.1, 0.15) is 44.6 Å². The van der Waals surface area contributed by atoms with E-state index < -0.39 is 0 Å². The maximum absolute atomic E-state index is 12.2.